The molecule has 0 aromatic carbocycles. The van der Waals surface area contributed by atoms with Gasteiger partial charge in [-0.05, 0) is 18.3 Å². The number of amides is 1. The summed E-state index contributed by atoms with van der Waals surface area (Å²) in [4.78, 5) is 22.0. The summed E-state index contributed by atoms with van der Waals surface area (Å²) in [6.45, 7) is 6.07. The van der Waals surface area contributed by atoms with E-state index in [0.717, 1.165) is 32.4 Å². The number of carbonyl (C=O) groups excluding carboxylic acids is 1. The highest BCUT2D eigenvalue weighted by Crippen LogP contribution is 2.34. The number of aromatic nitrogens is 2. The molecule has 2 rings (SSSR count). The van der Waals surface area contributed by atoms with Crippen LogP contribution in [0.2, 0.25) is 5.15 Å². The van der Waals surface area contributed by atoms with Crippen molar-refractivity contribution < 1.29 is 4.79 Å². The fourth-order valence-electron chi connectivity index (χ4n) is 2.21. The standard InChI is InChI=1S/C13H18ClN3O/c1-3-13(2)4-6-17(7-5-13)12(18)10-8-15-9-11(14)16-10/h8-9H,3-7H2,1-2H3. The molecular formula is C13H18ClN3O. The number of carbonyl (C=O) groups is 1. The third kappa shape index (κ3) is 2.80. The third-order valence-electron chi connectivity index (χ3n) is 3.94. The molecule has 18 heavy (non-hydrogen) atoms. The minimum absolute atomic E-state index is 0.0665. The highest BCUT2D eigenvalue weighted by Gasteiger charge is 2.31. The predicted molar refractivity (Wildman–Crippen MR) is 70.6 cm³/mol. The number of hydrogen-bond acceptors (Lipinski definition) is 3. The lowest BCUT2D eigenvalue weighted by molar-refractivity contribution is 0.0594. The van der Waals surface area contributed by atoms with Crippen LogP contribution in [0.5, 0.6) is 0 Å². The Bertz CT molecular complexity index is 442. The minimum atomic E-state index is -0.0665. The van der Waals surface area contributed by atoms with Gasteiger partial charge in [-0.2, -0.15) is 0 Å². The maximum atomic E-state index is 12.2. The van der Waals surface area contributed by atoms with Gasteiger partial charge >= 0.3 is 0 Å². The van der Waals surface area contributed by atoms with Crippen LogP contribution in [0.4, 0.5) is 0 Å². The van der Waals surface area contributed by atoms with Gasteiger partial charge in [-0.3, -0.25) is 9.78 Å². The van der Waals surface area contributed by atoms with E-state index in [1.165, 1.54) is 12.4 Å². The highest BCUT2D eigenvalue weighted by atomic mass is 35.5. The van der Waals surface area contributed by atoms with Gasteiger partial charge in [0.2, 0.25) is 0 Å². The molecule has 1 aromatic heterocycles. The molecule has 1 aliphatic rings. The quantitative estimate of drug-likeness (QED) is 0.828. The van der Waals surface area contributed by atoms with E-state index >= 15 is 0 Å². The lowest BCUT2D eigenvalue weighted by atomic mass is 9.78. The van der Waals surface area contributed by atoms with Crippen molar-refractivity contribution in [3.05, 3.63) is 23.2 Å². The third-order valence-corrected chi connectivity index (χ3v) is 4.12. The largest absolute Gasteiger partial charge is 0.337 e. The monoisotopic (exact) mass is 267 g/mol. The molecule has 0 bridgehead atoms. The van der Waals surface area contributed by atoms with Gasteiger partial charge in [0.25, 0.3) is 5.91 Å². The lowest BCUT2D eigenvalue weighted by Crippen LogP contribution is -2.42. The number of likely N-dealkylation sites (tertiary alicyclic amines) is 1. The van der Waals surface area contributed by atoms with Crippen LogP contribution in [0.1, 0.15) is 43.6 Å². The second kappa shape index (κ2) is 5.22. The number of rotatable bonds is 2. The van der Waals surface area contributed by atoms with Gasteiger partial charge < -0.3 is 4.90 Å². The van der Waals surface area contributed by atoms with E-state index in [1.807, 2.05) is 4.90 Å². The Kier molecular flexibility index (Phi) is 3.85. The van der Waals surface area contributed by atoms with E-state index in [4.69, 9.17) is 11.6 Å². The zero-order valence-corrected chi connectivity index (χ0v) is 11.6. The van der Waals surface area contributed by atoms with Crippen LogP contribution in [0, 0.1) is 5.41 Å². The smallest absolute Gasteiger partial charge is 0.274 e. The molecular weight excluding hydrogens is 250 g/mol. The fourth-order valence-corrected chi connectivity index (χ4v) is 2.36. The van der Waals surface area contributed by atoms with Crippen LogP contribution in [0.15, 0.2) is 12.4 Å². The van der Waals surface area contributed by atoms with Crippen molar-refractivity contribution in [3.63, 3.8) is 0 Å². The summed E-state index contributed by atoms with van der Waals surface area (Å²) < 4.78 is 0. The molecule has 1 aliphatic heterocycles. The number of hydrogen-bond donors (Lipinski definition) is 0. The van der Waals surface area contributed by atoms with Crippen molar-refractivity contribution in [2.75, 3.05) is 13.1 Å². The summed E-state index contributed by atoms with van der Waals surface area (Å²) in [6.07, 6.45) is 6.16. The van der Waals surface area contributed by atoms with Gasteiger partial charge in [-0.15, -0.1) is 0 Å². The molecule has 1 fully saturated rings. The van der Waals surface area contributed by atoms with E-state index in [9.17, 15) is 4.79 Å². The molecule has 0 radical (unpaired) electrons. The Balaban J connectivity index is 2.04. The topological polar surface area (TPSA) is 46.1 Å². The summed E-state index contributed by atoms with van der Waals surface area (Å²) >= 11 is 5.75. The first kappa shape index (κ1) is 13.3. The Morgan fingerprint density at radius 1 is 1.44 bits per heavy atom. The Hall–Kier alpha value is -1.16. The molecule has 0 saturated carbocycles. The maximum absolute atomic E-state index is 12.2. The average molecular weight is 268 g/mol. The van der Waals surface area contributed by atoms with Crippen molar-refractivity contribution >= 4 is 17.5 Å². The maximum Gasteiger partial charge on any atom is 0.274 e. The zero-order chi connectivity index (χ0) is 13.2. The van der Waals surface area contributed by atoms with Crippen molar-refractivity contribution in [1.29, 1.82) is 0 Å². The summed E-state index contributed by atoms with van der Waals surface area (Å²) in [5.74, 6) is -0.0665. The number of piperidine rings is 1. The second-order valence-electron chi connectivity index (χ2n) is 5.18. The molecule has 1 amide bonds. The van der Waals surface area contributed by atoms with E-state index in [2.05, 4.69) is 23.8 Å². The predicted octanol–water partition coefficient (Wildman–Crippen LogP) is 2.78. The lowest BCUT2D eigenvalue weighted by Gasteiger charge is -2.38. The highest BCUT2D eigenvalue weighted by molar-refractivity contribution is 6.29. The van der Waals surface area contributed by atoms with Crippen molar-refractivity contribution in [1.82, 2.24) is 14.9 Å². The summed E-state index contributed by atoms with van der Waals surface area (Å²) in [7, 11) is 0. The van der Waals surface area contributed by atoms with Crippen LogP contribution in [-0.2, 0) is 0 Å². The Morgan fingerprint density at radius 3 is 2.67 bits per heavy atom. The second-order valence-corrected chi connectivity index (χ2v) is 5.57. The van der Waals surface area contributed by atoms with E-state index in [0.29, 0.717) is 11.1 Å². The first-order valence-electron chi connectivity index (χ1n) is 6.31. The molecule has 0 unspecified atom stereocenters. The molecule has 5 heteroatoms. The van der Waals surface area contributed by atoms with Crippen LogP contribution in [0.3, 0.4) is 0 Å². The molecule has 1 aromatic rings. The van der Waals surface area contributed by atoms with Gasteiger partial charge in [0.1, 0.15) is 10.8 Å². The minimum Gasteiger partial charge on any atom is -0.337 e. The Labute approximate surface area is 112 Å². The molecule has 4 nitrogen and oxygen atoms in total. The number of halogens is 1. The van der Waals surface area contributed by atoms with Gasteiger partial charge in [-0.25, -0.2) is 4.98 Å². The fraction of sp³-hybridized carbons (Fsp3) is 0.615. The molecule has 0 N–H and O–H groups in total. The van der Waals surface area contributed by atoms with Crippen molar-refractivity contribution in [2.24, 2.45) is 5.41 Å². The Morgan fingerprint density at radius 2 is 2.11 bits per heavy atom. The normalized spacial score (nSPS) is 18.7. The average Bonchev–Trinajstić information content (AvgIpc) is 2.39. The molecule has 0 atom stereocenters. The van der Waals surface area contributed by atoms with Gasteiger partial charge in [0, 0.05) is 13.1 Å². The summed E-state index contributed by atoms with van der Waals surface area (Å²) in [6, 6.07) is 0. The summed E-state index contributed by atoms with van der Waals surface area (Å²) in [5, 5.41) is 0.260. The van der Waals surface area contributed by atoms with Crippen LogP contribution >= 0.6 is 11.6 Å². The molecule has 0 aliphatic carbocycles. The zero-order valence-electron chi connectivity index (χ0n) is 10.8. The van der Waals surface area contributed by atoms with Gasteiger partial charge in [0.15, 0.2) is 0 Å². The van der Waals surface area contributed by atoms with Gasteiger partial charge in [-0.1, -0.05) is 31.9 Å². The molecule has 98 valence electrons. The van der Waals surface area contributed by atoms with Crippen LogP contribution < -0.4 is 0 Å². The number of nitrogens with zero attached hydrogens (tertiary/aromatic N) is 3. The summed E-state index contributed by atoms with van der Waals surface area (Å²) in [5.41, 5.74) is 0.708. The van der Waals surface area contributed by atoms with Gasteiger partial charge in [0.05, 0.1) is 12.4 Å². The molecule has 2 heterocycles. The van der Waals surface area contributed by atoms with E-state index in [1.54, 1.807) is 0 Å². The van der Waals surface area contributed by atoms with Crippen LogP contribution in [-0.4, -0.2) is 33.9 Å². The first-order valence-corrected chi connectivity index (χ1v) is 6.69. The SMILES string of the molecule is CCC1(C)CCN(C(=O)c2cncc(Cl)n2)CC1. The molecule has 1 saturated heterocycles. The molecule has 0 spiro atoms. The van der Waals surface area contributed by atoms with E-state index in [-0.39, 0.29) is 11.1 Å². The first-order chi connectivity index (χ1) is 8.54. The van der Waals surface area contributed by atoms with Crippen LogP contribution in [0.25, 0.3) is 0 Å². The van der Waals surface area contributed by atoms with Crippen molar-refractivity contribution in [2.45, 2.75) is 33.1 Å². The van der Waals surface area contributed by atoms with Crippen molar-refractivity contribution in [3.8, 4) is 0 Å². The van der Waals surface area contributed by atoms with E-state index < -0.39 is 0 Å².